The van der Waals surface area contributed by atoms with E-state index >= 15 is 0 Å². The fourth-order valence-corrected chi connectivity index (χ4v) is 2.80. The van der Waals surface area contributed by atoms with Crippen molar-refractivity contribution in [3.05, 3.63) is 63.0 Å². The Balaban J connectivity index is 2.26. The topological polar surface area (TPSA) is 67.2 Å². The third-order valence-electron chi connectivity index (χ3n) is 3.73. The molecule has 0 saturated carbocycles. The van der Waals surface area contributed by atoms with Crippen LogP contribution in [0.5, 0.6) is 0 Å². The lowest BCUT2D eigenvalue weighted by Crippen LogP contribution is -2.25. The molecule has 0 unspecified atom stereocenters. The van der Waals surface area contributed by atoms with Crippen LogP contribution < -0.4 is 10.9 Å². The molecule has 25 heavy (non-hydrogen) atoms. The van der Waals surface area contributed by atoms with Crippen molar-refractivity contribution in [1.82, 2.24) is 9.78 Å². The predicted octanol–water partition coefficient (Wildman–Crippen LogP) is 3.37. The Morgan fingerprint density at radius 2 is 2.08 bits per heavy atom. The molecule has 8 heteroatoms. The number of aliphatic hydroxyl groups is 1. The first-order valence-electron chi connectivity index (χ1n) is 7.44. The summed E-state index contributed by atoms with van der Waals surface area (Å²) in [6, 6.07) is 5.93. The van der Waals surface area contributed by atoms with Crippen LogP contribution in [0.4, 0.5) is 20.2 Å². The van der Waals surface area contributed by atoms with E-state index in [0.29, 0.717) is 10.7 Å². The second-order valence-corrected chi connectivity index (χ2v) is 5.92. The highest BCUT2D eigenvalue weighted by Gasteiger charge is 2.19. The highest BCUT2D eigenvalue weighted by atomic mass is 35.5. The van der Waals surface area contributed by atoms with Crippen LogP contribution in [0.3, 0.4) is 0 Å². The van der Waals surface area contributed by atoms with Gasteiger partial charge in [0.25, 0.3) is 5.56 Å². The normalized spacial score (nSPS) is 11.1. The Bertz CT molecular complexity index is 1020. The molecule has 0 fully saturated rings. The first-order valence-corrected chi connectivity index (χ1v) is 7.82. The van der Waals surface area contributed by atoms with Crippen molar-refractivity contribution in [3.63, 3.8) is 0 Å². The van der Waals surface area contributed by atoms with Gasteiger partial charge in [-0.3, -0.25) is 4.79 Å². The lowest BCUT2D eigenvalue weighted by atomic mass is 10.1. The molecule has 130 valence electrons. The van der Waals surface area contributed by atoms with Crippen LogP contribution >= 0.6 is 11.6 Å². The minimum absolute atomic E-state index is 0.0570. The standard InChI is InChI=1S/C17H14ClF2N3O2/c1-9-2-3-13(11(18)6-9)22-16-14-10(7-12(19)15(16)20)8-21-23(4-5-24)17(14)25/h2-3,6-8,22,24H,4-5H2,1H3. The smallest absolute Gasteiger partial charge is 0.276 e. The molecule has 2 aromatic carbocycles. The zero-order chi connectivity index (χ0) is 18.1. The van der Waals surface area contributed by atoms with Gasteiger partial charge < -0.3 is 10.4 Å². The Hall–Kier alpha value is -2.51. The van der Waals surface area contributed by atoms with Gasteiger partial charge in [0, 0.05) is 5.39 Å². The van der Waals surface area contributed by atoms with Gasteiger partial charge in [0.1, 0.15) is 0 Å². The molecule has 0 saturated heterocycles. The summed E-state index contributed by atoms with van der Waals surface area (Å²) in [5.74, 6) is -2.30. The molecule has 1 aromatic heterocycles. The van der Waals surface area contributed by atoms with E-state index in [0.717, 1.165) is 16.3 Å². The third-order valence-corrected chi connectivity index (χ3v) is 4.04. The number of hydrogen-bond donors (Lipinski definition) is 2. The molecule has 2 N–H and O–H groups in total. The predicted molar refractivity (Wildman–Crippen MR) is 92.5 cm³/mol. The molecule has 0 radical (unpaired) electrons. The van der Waals surface area contributed by atoms with Gasteiger partial charge in [0.2, 0.25) is 0 Å². The summed E-state index contributed by atoms with van der Waals surface area (Å²) in [4.78, 5) is 12.6. The molecule has 0 aliphatic rings. The van der Waals surface area contributed by atoms with Gasteiger partial charge in [-0.05, 0) is 30.7 Å². The van der Waals surface area contributed by atoms with Crippen molar-refractivity contribution < 1.29 is 13.9 Å². The largest absolute Gasteiger partial charge is 0.394 e. The van der Waals surface area contributed by atoms with Crippen molar-refractivity contribution in [2.45, 2.75) is 13.5 Å². The monoisotopic (exact) mass is 365 g/mol. The van der Waals surface area contributed by atoms with Crippen LogP contribution in [-0.2, 0) is 6.54 Å². The number of anilines is 2. The Morgan fingerprint density at radius 1 is 1.32 bits per heavy atom. The third kappa shape index (κ3) is 3.20. The SMILES string of the molecule is Cc1ccc(Nc2c(F)c(F)cc3cnn(CCO)c(=O)c23)c(Cl)c1. The van der Waals surface area contributed by atoms with Gasteiger partial charge in [-0.2, -0.15) is 5.10 Å². The second-order valence-electron chi connectivity index (χ2n) is 5.52. The number of aliphatic hydroxyl groups excluding tert-OH is 1. The van der Waals surface area contributed by atoms with E-state index in [-0.39, 0.29) is 29.6 Å². The van der Waals surface area contributed by atoms with Crippen LogP contribution in [-0.4, -0.2) is 21.5 Å². The number of halogens is 3. The number of fused-ring (bicyclic) bond motifs is 1. The van der Waals surface area contributed by atoms with E-state index in [1.807, 2.05) is 6.92 Å². The maximum atomic E-state index is 14.4. The average Bonchev–Trinajstić information content (AvgIpc) is 2.56. The summed E-state index contributed by atoms with van der Waals surface area (Å²) in [5, 5.41) is 16.0. The van der Waals surface area contributed by atoms with Gasteiger partial charge >= 0.3 is 0 Å². The lowest BCUT2D eigenvalue weighted by molar-refractivity contribution is 0.266. The van der Waals surface area contributed by atoms with E-state index in [1.54, 1.807) is 18.2 Å². The quantitative estimate of drug-likeness (QED) is 0.744. The highest BCUT2D eigenvalue weighted by molar-refractivity contribution is 6.33. The molecule has 1 heterocycles. The fourth-order valence-electron chi connectivity index (χ4n) is 2.52. The van der Waals surface area contributed by atoms with Crippen molar-refractivity contribution >= 4 is 33.7 Å². The number of nitrogens with zero attached hydrogens (tertiary/aromatic N) is 2. The van der Waals surface area contributed by atoms with Gasteiger partial charge in [0.15, 0.2) is 11.6 Å². The van der Waals surface area contributed by atoms with E-state index in [1.165, 1.54) is 6.20 Å². The van der Waals surface area contributed by atoms with Crippen LogP contribution in [0.25, 0.3) is 10.8 Å². The van der Waals surface area contributed by atoms with Crippen molar-refractivity contribution in [1.29, 1.82) is 0 Å². The van der Waals surface area contributed by atoms with Crippen LogP contribution in [0.2, 0.25) is 5.02 Å². The Morgan fingerprint density at radius 3 is 2.76 bits per heavy atom. The van der Waals surface area contributed by atoms with Crippen molar-refractivity contribution in [3.8, 4) is 0 Å². The summed E-state index contributed by atoms with van der Waals surface area (Å²) < 4.78 is 29.3. The number of nitrogens with one attached hydrogen (secondary N) is 1. The molecule has 3 aromatic rings. The molecule has 0 aliphatic heterocycles. The minimum atomic E-state index is -1.19. The Kier molecular flexibility index (Phi) is 4.69. The first-order chi connectivity index (χ1) is 11.9. The molecule has 0 amide bonds. The maximum Gasteiger partial charge on any atom is 0.276 e. The first kappa shape index (κ1) is 17.3. The number of aryl methyl sites for hydroxylation is 1. The fraction of sp³-hybridized carbons (Fsp3) is 0.176. The molecule has 3 rings (SSSR count). The summed E-state index contributed by atoms with van der Waals surface area (Å²) >= 11 is 6.14. The van der Waals surface area contributed by atoms with Gasteiger partial charge in [-0.25, -0.2) is 13.5 Å². The van der Waals surface area contributed by atoms with Gasteiger partial charge in [-0.1, -0.05) is 17.7 Å². The van der Waals surface area contributed by atoms with Gasteiger partial charge in [0.05, 0.1) is 41.1 Å². The number of aromatic nitrogens is 2. The van der Waals surface area contributed by atoms with Crippen LogP contribution in [0.1, 0.15) is 5.56 Å². The van der Waals surface area contributed by atoms with Crippen LogP contribution in [0, 0.1) is 18.6 Å². The molecule has 0 bridgehead atoms. The minimum Gasteiger partial charge on any atom is -0.394 e. The number of rotatable bonds is 4. The van der Waals surface area contributed by atoms with Crippen LogP contribution in [0.15, 0.2) is 35.3 Å². The van der Waals surface area contributed by atoms with Crippen molar-refractivity contribution in [2.75, 3.05) is 11.9 Å². The lowest BCUT2D eigenvalue weighted by Gasteiger charge is -2.14. The van der Waals surface area contributed by atoms with E-state index in [9.17, 15) is 13.6 Å². The summed E-state index contributed by atoms with van der Waals surface area (Å²) in [5.41, 5.74) is 0.272. The summed E-state index contributed by atoms with van der Waals surface area (Å²) in [7, 11) is 0. The van der Waals surface area contributed by atoms with E-state index in [4.69, 9.17) is 16.7 Å². The number of benzene rings is 2. The van der Waals surface area contributed by atoms with Crippen molar-refractivity contribution in [2.24, 2.45) is 0 Å². The number of hydrogen-bond acceptors (Lipinski definition) is 4. The Labute approximate surface area is 146 Å². The molecular formula is C17H14ClF2N3O2. The van der Waals surface area contributed by atoms with E-state index in [2.05, 4.69) is 10.4 Å². The van der Waals surface area contributed by atoms with E-state index < -0.39 is 17.2 Å². The zero-order valence-corrected chi connectivity index (χ0v) is 13.9. The molecule has 0 atom stereocenters. The zero-order valence-electron chi connectivity index (χ0n) is 13.2. The highest BCUT2D eigenvalue weighted by Crippen LogP contribution is 2.32. The molecule has 0 aliphatic carbocycles. The summed E-state index contributed by atoms with van der Waals surface area (Å²) in [6.45, 7) is 1.47. The van der Waals surface area contributed by atoms with Gasteiger partial charge in [-0.15, -0.1) is 0 Å². The summed E-state index contributed by atoms with van der Waals surface area (Å²) in [6.07, 6.45) is 1.25. The molecule has 5 nitrogen and oxygen atoms in total. The molecular weight excluding hydrogens is 352 g/mol. The second kappa shape index (κ2) is 6.78. The maximum absolute atomic E-state index is 14.4. The average molecular weight is 366 g/mol. The molecule has 0 spiro atoms.